The molecular formula is C57H57N37O3S3. The van der Waals surface area contributed by atoms with Crippen LogP contribution < -0.4 is 5.32 Å². The Bertz CT molecular complexity index is 5660. The second-order valence-corrected chi connectivity index (χ2v) is 23.6. The fourth-order valence-corrected chi connectivity index (χ4v) is 10.5. The van der Waals surface area contributed by atoms with Gasteiger partial charge in [0.05, 0.1) is 40.6 Å². The highest BCUT2D eigenvalue weighted by Gasteiger charge is 2.22. The molecular weight excluding hydrogens is 1350 g/mol. The SMILES string of the molecule is CSc1nnc2c(N=Nc3nc(C(C)C)no3)c(C)[nH]n12.Cc1[nH]n2c(C)nnc2c1N=Nc1nc2ccccc2o1.Cc1nsc(N=Nc2c(C)[nH]n3c(C)nnc23)n1.[C-]#[N+]C(N=Nc1nc(C)nc2ccccc12)C(=O)NC.[C-]#[N+]c1c(C)nsc1N=Nc1c(C)[nH]n2nc(C)nc12. The topological polar surface area (TPSA) is 475 Å². The molecule has 0 aliphatic rings. The third kappa shape index (κ3) is 15.0. The Morgan fingerprint density at radius 2 is 1.20 bits per heavy atom. The normalized spacial score (nSPS) is 12.0. The van der Waals surface area contributed by atoms with Crippen molar-refractivity contribution in [3.8, 4) is 0 Å². The van der Waals surface area contributed by atoms with Gasteiger partial charge >= 0.3 is 24.1 Å². The molecule has 1 amide bonds. The number of hydrogen-bond acceptors (Lipinski definition) is 32. The molecule has 13 aromatic heterocycles. The van der Waals surface area contributed by atoms with Crippen molar-refractivity contribution in [2.75, 3.05) is 13.3 Å². The first kappa shape index (κ1) is 68.5. The largest absolute Gasteiger partial charge is 0.421 e. The lowest BCUT2D eigenvalue weighted by Crippen LogP contribution is -2.27. The summed E-state index contributed by atoms with van der Waals surface area (Å²) in [5, 5.41) is 90.1. The van der Waals surface area contributed by atoms with Crippen molar-refractivity contribution in [2.45, 2.75) is 100 Å². The summed E-state index contributed by atoms with van der Waals surface area (Å²) in [6.07, 6.45) is 0.730. The molecule has 0 aliphatic carbocycles. The van der Waals surface area contributed by atoms with E-state index < -0.39 is 12.1 Å². The number of fused-ring (bicyclic) bond motifs is 6. The lowest BCUT2D eigenvalue weighted by molar-refractivity contribution is -0.120. The second-order valence-electron chi connectivity index (χ2n) is 21.4. The predicted molar refractivity (Wildman–Crippen MR) is 364 cm³/mol. The number of thioether (sulfide) groups is 1. The number of H-pyrrole nitrogens is 4. The van der Waals surface area contributed by atoms with Crippen molar-refractivity contribution in [2.24, 2.45) is 51.1 Å². The Morgan fingerprint density at radius 1 is 0.600 bits per heavy atom. The van der Waals surface area contributed by atoms with Crippen LogP contribution >= 0.6 is 34.8 Å². The van der Waals surface area contributed by atoms with Crippen LogP contribution in [0.15, 0.2) is 114 Å². The van der Waals surface area contributed by atoms with E-state index in [0.29, 0.717) is 102 Å². The van der Waals surface area contributed by atoms with Crippen molar-refractivity contribution in [3.05, 3.63) is 135 Å². The zero-order valence-corrected chi connectivity index (χ0v) is 58.0. The summed E-state index contributed by atoms with van der Waals surface area (Å²) >= 11 is 3.87. The number of nitrogens with zero attached hydrogens (tertiary/aromatic N) is 32. The molecule has 40 nitrogen and oxygen atoms in total. The molecule has 0 aliphatic heterocycles. The van der Waals surface area contributed by atoms with E-state index >= 15 is 0 Å². The minimum Gasteiger partial charge on any atom is -0.421 e. The van der Waals surface area contributed by atoms with E-state index in [-0.39, 0.29) is 17.9 Å². The first-order chi connectivity index (χ1) is 48.2. The van der Waals surface area contributed by atoms with Crippen molar-refractivity contribution in [1.29, 1.82) is 0 Å². The van der Waals surface area contributed by atoms with Crippen LogP contribution in [-0.4, -0.2) is 143 Å². The van der Waals surface area contributed by atoms with Gasteiger partial charge in [-0.1, -0.05) is 70.4 Å². The van der Waals surface area contributed by atoms with Gasteiger partial charge in [0.1, 0.15) is 34.6 Å². The van der Waals surface area contributed by atoms with E-state index in [9.17, 15) is 4.79 Å². The number of hydrogen-bond donors (Lipinski definition) is 5. The number of benzene rings is 2. The van der Waals surface area contributed by atoms with Crippen molar-refractivity contribution < 1.29 is 13.7 Å². The standard InChI is InChI=1S/C13H11N7O.C13H12N6O.C11H14N8OS.C11H10N8S.C9H10N8S/c1-7-11(12-17-15-8(2)20(12)19-7)16-18-13-14-9-5-3-4-6-10(9)21-13;1-8-16-10-7-5-4-6-9(10)11(17-8)18-19-12(14-2)13(20)15-3;1-5(2)8-12-10(20-18-8)15-13-7-6(3)17-19-9(7)14-16-11(19)21-4;1-5-8(10-13-7(3)17-19(10)16-5)14-15-11-9(12-4)6(2)18-20-11;1-4-7(8-13-11-6(3)17(8)15-4)12-14-9-10-5(2)16-18-9/h3-6,19H,1-2H3;4-7,12H,1,3H3,(H,15,20);5,17H,1-4H3;16H,1-3H3;15H,1-3H3. The number of carbonyl (C=O) groups is 1. The summed E-state index contributed by atoms with van der Waals surface area (Å²) in [7, 11) is 1.44. The van der Waals surface area contributed by atoms with Crippen LogP contribution in [0.2, 0.25) is 0 Å². The van der Waals surface area contributed by atoms with Crippen molar-refractivity contribution in [3.63, 3.8) is 0 Å². The van der Waals surface area contributed by atoms with Gasteiger partial charge in [0.25, 0.3) is 0 Å². The van der Waals surface area contributed by atoms with Crippen molar-refractivity contribution in [1.82, 2.24) is 123 Å². The number of rotatable bonds is 13. The monoisotopic (exact) mass is 1400 g/mol. The number of azo groups is 5. The third-order valence-electron chi connectivity index (χ3n) is 13.7. The number of para-hydroxylation sites is 3. The molecule has 0 saturated heterocycles. The average Bonchev–Trinajstić information content (AvgIpc) is 1.77. The van der Waals surface area contributed by atoms with Crippen LogP contribution in [0.25, 0.3) is 54.3 Å². The van der Waals surface area contributed by atoms with E-state index in [2.05, 4.69) is 166 Å². The Hall–Kier alpha value is -12.9. The van der Waals surface area contributed by atoms with Gasteiger partial charge in [-0.05, 0) is 111 Å². The molecule has 0 radical (unpaired) electrons. The minimum absolute atomic E-state index is 0.127. The maximum Gasteiger partial charge on any atom is 0.410 e. The summed E-state index contributed by atoms with van der Waals surface area (Å²) in [6, 6.07) is 15.2. The number of carbonyl (C=O) groups excluding carboxylic acids is 1. The number of aromatic nitrogens is 24. The molecule has 2 aromatic carbocycles. The van der Waals surface area contributed by atoms with Crippen LogP contribution in [0, 0.1) is 82.4 Å². The van der Waals surface area contributed by atoms with Crippen LogP contribution in [0.3, 0.4) is 0 Å². The van der Waals surface area contributed by atoms with Gasteiger partial charge in [-0.15, -0.1) is 71.5 Å². The zero-order chi connectivity index (χ0) is 70.9. The Labute approximate surface area is 575 Å². The number of likely N-dealkylation sites (N-methyl/N-ethyl adjacent to an activating group) is 1. The fraction of sp³-hybridized carbons (Fsp3) is 0.281. The lowest BCUT2D eigenvalue weighted by atomic mass is 10.2. The molecule has 5 N–H and O–H groups in total. The Morgan fingerprint density at radius 3 is 1.82 bits per heavy atom. The second kappa shape index (κ2) is 30.0. The number of aromatic amines is 4. The zero-order valence-electron chi connectivity index (χ0n) is 55.5. The highest BCUT2D eigenvalue weighted by atomic mass is 32.2. The van der Waals surface area contributed by atoms with Gasteiger partial charge in [0, 0.05) is 29.9 Å². The highest BCUT2D eigenvalue weighted by Crippen LogP contribution is 2.38. The summed E-state index contributed by atoms with van der Waals surface area (Å²) in [4.78, 5) is 43.2. The van der Waals surface area contributed by atoms with E-state index in [4.69, 9.17) is 22.1 Å². The molecule has 15 rings (SSSR count). The van der Waals surface area contributed by atoms with Crippen LogP contribution in [0.4, 0.5) is 56.4 Å². The fourth-order valence-electron chi connectivity index (χ4n) is 8.90. The number of amides is 1. The smallest absolute Gasteiger partial charge is 0.410 e. The van der Waals surface area contributed by atoms with E-state index in [1.54, 1.807) is 38.9 Å². The van der Waals surface area contributed by atoms with E-state index in [1.807, 2.05) is 117 Å². The molecule has 1 atom stereocenters. The quantitative estimate of drug-likeness (QED) is 0.0406. The minimum atomic E-state index is -1.20. The third-order valence-corrected chi connectivity index (χ3v) is 15.9. The number of aryl methyl sites for hydroxylation is 10. The average molecular weight is 1400 g/mol. The van der Waals surface area contributed by atoms with Gasteiger partial charge in [0.2, 0.25) is 38.6 Å². The maximum atomic E-state index is 11.4. The number of oxazole rings is 1. The number of nitrogens with one attached hydrogen (secondary N) is 5. The highest BCUT2D eigenvalue weighted by molar-refractivity contribution is 7.98. The molecule has 13 heterocycles. The molecule has 0 spiro atoms. The van der Waals surface area contributed by atoms with Crippen LogP contribution in [-0.2, 0) is 4.79 Å². The van der Waals surface area contributed by atoms with Crippen LogP contribution in [0.1, 0.15) is 83.2 Å². The molecule has 15 aromatic rings. The Kier molecular flexibility index (Phi) is 20.6. The Balaban J connectivity index is 0.000000126. The van der Waals surface area contributed by atoms with Gasteiger partial charge in [-0.25, -0.2) is 49.3 Å². The van der Waals surface area contributed by atoms with Gasteiger partial charge in [-0.2, -0.15) is 19.0 Å². The molecule has 0 bridgehead atoms. The first-order valence-electron chi connectivity index (χ1n) is 29.7. The van der Waals surface area contributed by atoms with E-state index in [0.717, 1.165) is 67.5 Å². The molecule has 43 heteroatoms. The van der Waals surface area contributed by atoms with Gasteiger partial charge in [-0.3, -0.25) is 30.0 Å². The lowest BCUT2D eigenvalue weighted by Gasteiger charge is -2.01. The summed E-state index contributed by atoms with van der Waals surface area (Å²) < 4.78 is 25.5. The molecule has 0 fully saturated rings. The molecule has 506 valence electrons. The molecule has 100 heavy (non-hydrogen) atoms. The molecule has 1 unspecified atom stereocenters. The summed E-state index contributed by atoms with van der Waals surface area (Å²) in [5.74, 6) is 4.08. The summed E-state index contributed by atoms with van der Waals surface area (Å²) in [5.41, 5.74) is 11.7. The van der Waals surface area contributed by atoms with E-state index in [1.165, 1.54) is 30.3 Å². The van der Waals surface area contributed by atoms with Gasteiger partial charge < -0.3 is 14.3 Å². The first-order valence-corrected chi connectivity index (χ1v) is 32.4. The van der Waals surface area contributed by atoms with Crippen molar-refractivity contribution >= 4 is 142 Å². The van der Waals surface area contributed by atoms with Gasteiger partial charge in [0.15, 0.2) is 45.0 Å². The maximum absolute atomic E-state index is 11.4. The predicted octanol–water partition coefficient (Wildman–Crippen LogP) is 13.9. The molecule has 0 saturated carbocycles. The summed E-state index contributed by atoms with van der Waals surface area (Å²) in [6.45, 7) is 36.5. The van der Waals surface area contributed by atoms with Crippen LogP contribution in [0.5, 0.6) is 0 Å².